The van der Waals surface area contributed by atoms with Crippen molar-refractivity contribution in [2.75, 3.05) is 53.4 Å². The fourth-order valence-corrected chi connectivity index (χ4v) is 13.2. The number of unbranched alkanes of at least 4 members (excludes halogenated alkanes) is 1. The van der Waals surface area contributed by atoms with Gasteiger partial charge >= 0.3 is 0 Å². The minimum absolute atomic E-state index is 0.0646. The summed E-state index contributed by atoms with van der Waals surface area (Å²) in [5.74, 6) is 0.0678. The largest absolute Gasteiger partial charge is 0.343 e. The standard InChI is InChI=1S/C55H85N9O4/c1-38(57-2)52(65)59-49(41-20-6-4-7-21-41)54(67)63-34-16-24-43(63)36-61(47-30-28-39-18-10-12-26-45(39)47)32-14-15-33-62(48-31-29-40-19-11-13-27-46(40)48)37-44-25-17-35-64(44)55(68)50(42-22-8-5-9-23-42)60-53(66)51(56)58-3/h10-13,18-19,26-27,38,41-44,47-51,57-58H,4-9,14-17,20-25,28-37,56H2,1-3H3,(H,59,65)(H,60,66)/t38-,43-,44-,47?,48?,49-,50?,51+/m0/s1. The molecule has 6 aliphatic rings. The normalized spacial score (nSPS) is 25.0. The van der Waals surface area contributed by atoms with Crippen LogP contribution in [0.4, 0.5) is 0 Å². The van der Waals surface area contributed by atoms with Crippen molar-refractivity contribution in [3.8, 4) is 0 Å². The molecule has 8 rings (SSSR count). The van der Waals surface area contributed by atoms with Gasteiger partial charge in [0, 0.05) is 50.3 Å². The molecule has 6 N–H and O–H groups in total. The predicted octanol–water partition coefficient (Wildman–Crippen LogP) is 5.97. The zero-order chi connectivity index (χ0) is 47.6. The van der Waals surface area contributed by atoms with E-state index in [0.29, 0.717) is 12.1 Å². The number of rotatable bonds is 21. The Labute approximate surface area is 407 Å². The van der Waals surface area contributed by atoms with Crippen molar-refractivity contribution in [2.24, 2.45) is 17.6 Å². The summed E-state index contributed by atoms with van der Waals surface area (Å²) in [5, 5.41) is 12.3. The van der Waals surface area contributed by atoms with E-state index in [1.54, 1.807) is 14.1 Å². The fourth-order valence-electron chi connectivity index (χ4n) is 13.2. The Morgan fingerprint density at radius 1 is 0.588 bits per heavy atom. The molecule has 2 saturated carbocycles. The van der Waals surface area contributed by atoms with Crippen molar-refractivity contribution in [1.82, 2.24) is 40.9 Å². The summed E-state index contributed by atoms with van der Waals surface area (Å²) < 4.78 is 0. The van der Waals surface area contributed by atoms with Gasteiger partial charge < -0.3 is 31.5 Å². The maximum absolute atomic E-state index is 14.8. The quantitative estimate of drug-likeness (QED) is 0.0753. The average molecular weight is 936 g/mol. The maximum atomic E-state index is 14.8. The Morgan fingerprint density at radius 2 is 1.03 bits per heavy atom. The van der Waals surface area contributed by atoms with Gasteiger partial charge in [-0.2, -0.15) is 0 Å². The van der Waals surface area contributed by atoms with Gasteiger partial charge in [0.15, 0.2) is 0 Å². The van der Waals surface area contributed by atoms with Crippen molar-refractivity contribution in [3.63, 3.8) is 0 Å². The van der Waals surface area contributed by atoms with Crippen LogP contribution >= 0.6 is 0 Å². The number of carbonyl (C=O) groups is 4. The second-order valence-corrected chi connectivity index (χ2v) is 21.4. The Kier molecular flexibility index (Phi) is 18.0. The molecule has 2 saturated heterocycles. The minimum atomic E-state index is -0.856. The molecule has 0 radical (unpaired) electrons. The molecule has 0 spiro atoms. The van der Waals surface area contributed by atoms with E-state index in [1.165, 1.54) is 35.1 Å². The summed E-state index contributed by atoms with van der Waals surface area (Å²) in [5.41, 5.74) is 11.9. The highest BCUT2D eigenvalue weighted by atomic mass is 16.2. The van der Waals surface area contributed by atoms with Crippen molar-refractivity contribution in [1.29, 1.82) is 0 Å². The van der Waals surface area contributed by atoms with Crippen molar-refractivity contribution in [2.45, 2.75) is 184 Å². The van der Waals surface area contributed by atoms with Gasteiger partial charge in [-0.3, -0.25) is 34.3 Å². The third-order valence-corrected chi connectivity index (χ3v) is 17.2. The van der Waals surface area contributed by atoms with Gasteiger partial charge in [-0.1, -0.05) is 87.1 Å². The van der Waals surface area contributed by atoms with Crippen LogP contribution in [0.25, 0.3) is 0 Å². The zero-order valence-corrected chi connectivity index (χ0v) is 41.8. The number of amides is 4. The average Bonchev–Trinajstić information content (AvgIpc) is 4.22. The lowest BCUT2D eigenvalue weighted by atomic mass is 9.83. The highest BCUT2D eigenvalue weighted by Gasteiger charge is 2.42. The Morgan fingerprint density at radius 3 is 1.47 bits per heavy atom. The van der Waals surface area contributed by atoms with Crippen LogP contribution in [0.15, 0.2) is 48.5 Å². The van der Waals surface area contributed by atoms with Crippen LogP contribution in [0, 0.1) is 11.8 Å². The molecule has 0 bridgehead atoms. The second kappa shape index (κ2) is 24.3. The molecule has 374 valence electrons. The molecule has 2 aromatic rings. The molecule has 4 amide bonds. The van der Waals surface area contributed by atoms with E-state index in [0.717, 1.165) is 155 Å². The van der Waals surface area contributed by atoms with E-state index in [4.69, 9.17) is 5.73 Å². The molecule has 2 heterocycles. The second-order valence-electron chi connectivity index (χ2n) is 21.4. The molecule has 13 heteroatoms. The van der Waals surface area contributed by atoms with Gasteiger partial charge in [0.1, 0.15) is 18.2 Å². The highest BCUT2D eigenvalue weighted by molar-refractivity contribution is 5.91. The van der Waals surface area contributed by atoms with E-state index in [9.17, 15) is 19.2 Å². The number of aryl methyl sites for hydroxylation is 2. The molecule has 0 aromatic heterocycles. The van der Waals surface area contributed by atoms with Gasteiger partial charge in [-0.15, -0.1) is 0 Å². The Balaban J connectivity index is 0.979. The van der Waals surface area contributed by atoms with Crippen LogP contribution in [0.3, 0.4) is 0 Å². The summed E-state index contributed by atoms with van der Waals surface area (Å²) in [6, 6.07) is 17.3. The maximum Gasteiger partial charge on any atom is 0.252 e. The first kappa shape index (κ1) is 50.5. The van der Waals surface area contributed by atoms with Gasteiger partial charge in [0.25, 0.3) is 5.91 Å². The highest BCUT2D eigenvalue weighted by Crippen LogP contribution is 2.40. The molecule has 2 aliphatic heterocycles. The topological polar surface area (TPSA) is 155 Å². The van der Waals surface area contributed by atoms with Crippen molar-refractivity contribution >= 4 is 23.6 Å². The molecular formula is C55H85N9O4. The number of likely N-dealkylation sites (N-methyl/N-ethyl adjacent to an activating group) is 2. The molecule has 68 heavy (non-hydrogen) atoms. The number of nitrogens with two attached hydrogens (primary N) is 1. The van der Waals surface area contributed by atoms with Crippen molar-refractivity contribution in [3.05, 3.63) is 70.8 Å². The number of nitrogens with one attached hydrogen (secondary N) is 4. The van der Waals surface area contributed by atoms with E-state index in [-0.39, 0.29) is 53.6 Å². The Bertz CT molecular complexity index is 1850. The lowest BCUT2D eigenvalue weighted by Gasteiger charge is -2.39. The number of likely N-dealkylation sites (tertiary alicyclic amines) is 2. The number of fused-ring (bicyclic) bond motifs is 2. The number of hydrogen-bond donors (Lipinski definition) is 5. The zero-order valence-electron chi connectivity index (χ0n) is 41.8. The first-order valence-corrected chi connectivity index (χ1v) is 27.1. The molecular weight excluding hydrogens is 851 g/mol. The minimum Gasteiger partial charge on any atom is -0.343 e. The summed E-state index contributed by atoms with van der Waals surface area (Å²) in [6.45, 7) is 6.86. The lowest BCUT2D eigenvalue weighted by molar-refractivity contribution is -0.140. The van der Waals surface area contributed by atoms with Crippen molar-refractivity contribution < 1.29 is 19.2 Å². The predicted molar refractivity (Wildman–Crippen MR) is 269 cm³/mol. The van der Waals surface area contributed by atoms with E-state index in [2.05, 4.69) is 89.4 Å². The number of carbonyl (C=O) groups excluding carboxylic acids is 4. The molecule has 3 unspecified atom stereocenters. The summed E-state index contributed by atoms with van der Waals surface area (Å²) >= 11 is 0. The molecule has 4 aliphatic carbocycles. The monoisotopic (exact) mass is 936 g/mol. The third-order valence-electron chi connectivity index (χ3n) is 17.2. The smallest absolute Gasteiger partial charge is 0.252 e. The van der Waals surface area contributed by atoms with Crippen LogP contribution in [-0.4, -0.2) is 133 Å². The van der Waals surface area contributed by atoms with E-state index < -0.39 is 18.2 Å². The molecule has 13 nitrogen and oxygen atoms in total. The van der Waals surface area contributed by atoms with Gasteiger partial charge in [-0.25, -0.2) is 0 Å². The molecule has 4 fully saturated rings. The first-order chi connectivity index (χ1) is 33.1. The summed E-state index contributed by atoms with van der Waals surface area (Å²) in [6.07, 6.45) is 20.0. The van der Waals surface area contributed by atoms with Gasteiger partial charge in [-0.05, 0) is 158 Å². The lowest BCUT2D eigenvalue weighted by Crippen LogP contribution is -2.59. The van der Waals surface area contributed by atoms with Crippen LogP contribution < -0.4 is 27.0 Å². The van der Waals surface area contributed by atoms with Crippen LogP contribution in [-0.2, 0) is 32.0 Å². The van der Waals surface area contributed by atoms with Crippen LogP contribution in [0.5, 0.6) is 0 Å². The molecule has 8 atom stereocenters. The number of nitrogens with zero attached hydrogens (tertiary/aromatic N) is 4. The summed E-state index contributed by atoms with van der Waals surface area (Å²) in [4.78, 5) is 65.8. The molecule has 2 aromatic carbocycles. The van der Waals surface area contributed by atoms with E-state index >= 15 is 0 Å². The van der Waals surface area contributed by atoms with Gasteiger partial charge in [0.05, 0.1) is 6.04 Å². The van der Waals surface area contributed by atoms with Crippen LogP contribution in [0.2, 0.25) is 0 Å². The number of hydrogen-bond acceptors (Lipinski definition) is 9. The Hall–Kier alpha value is -3.88. The summed E-state index contributed by atoms with van der Waals surface area (Å²) in [7, 11) is 3.47. The van der Waals surface area contributed by atoms with E-state index in [1.807, 2.05) is 6.92 Å². The first-order valence-electron chi connectivity index (χ1n) is 27.1. The fraction of sp³-hybridized carbons (Fsp3) is 0.709. The number of benzene rings is 2. The van der Waals surface area contributed by atoms with Crippen LogP contribution in [0.1, 0.15) is 157 Å². The third kappa shape index (κ3) is 12.0. The SMILES string of the molecule is CN[C@@H](C)C(=O)N[C@H](C(=O)N1CCC[C@H]1CN(CCCCN(C[C@@H]1CCCN1C(=O)C(NC(=O)[C@H](N)NC)C1CCCCC1)C1CCc2ccccc21)C1CCc2ccccc21)C1CCCCC1. The van der Waals surface area contributed by atoms with Gasteiger partial charge in [0.2, 0.25) is 17.7 Å².